The number of hydrogen-bond donors (Lipinski definition) is 1. The van der Waals surface area contributed by atoms with Crippen LogP contribution in [0.25, 0.3) is 0 Å². The molecular weight excluding hydrogens is 346 g/mol. The van der Waals surface area contributed by atoms with Crippen molar-refractivity contribution in [3.05, 3.63) is 58.1 Å². The molecule has 0 saturated heterocycles. The van der Waals surface area contributed by atoms with Crippen molar-refractivity contribution in [3.63, 3.8) is 0 Å². The highest BCUT2D eigenvalue weighted by atomic mass is 79.9. The van der Waals surface area contributed by atoms with Crippen LogP contribution in [0.3, 0.4) is 0 Å². The standard InChI is InChI=1S/C17H18BrNOS/c18-15-9-12(7-8-19)5-6-16(15)20-11-14-10-13-3-1-2-4-17(13)21-14/h1-6,9,14H,7-8,10-11,19H2. The zero-order valence-corrected chi connectivity index (χ0v) is 14.1. The Hall–Kier alpha value is -0.970. The van der Waals surface area contributed by atoms with Crippen molar-refractivity contribution in [3.8, 4) is 5.75 Å². The third-order valence-electron chi connectivity index (χ3n) is 3.57. The predicted molar refractivity (Wildman–Crippen MR) is 92.2 cm³/mol. The maximum Gasteiger partial charge on any atom is 0.133 e. The topological polar surface area (TPSA) is 35.2 Å². The quantitative estimate of drug-likeness (QED) is 0.870. The molecule has 0 saturated carbocycles. The highest BCUT2D eigenvalue weighted by Crippen LogP contribution is 2.37. The summed E-state index contributed by atoms with van der Waals surface area (Å²) >= 11 is 5.50. The van der Waals surface area contributed by atoms with Gasteiger partial charge in [0.15, 0.2) is 0 Å². The molecule has 2 aromatic carbocycles. The Kier molecular flexibility index (Phi) is 4.88. The molecule has 1 aliphatic heterocycles. The molecule has 2 aromatic rings. The number of hydrogen-bond acceptors (Lipinski definition) is 3. The van der Waals surface area contributed by atoms with Crippen LogP contribution in [-0.4, -0.2) is 18.4 Å². The lowest BCUT2D eigenvalue weighted by atomic mass is 10.1. The zero-order chi connectivity index (χ0) is 14.7. The first-order valence-electron chi connectivity index (χ1n) is 7.12. The van der Waals surface area contributed by atoms with Crippen LogP contribution < -0.4 is 10.5 Å². The second-order valence-electron chi connectivity index (χ2n) is 5.17. The predicted octanol–water partition coefficient (Wildman–Crippen LogP) is 4.05. The minimum absolute atomic E-state index is 0.498. The van der Waals surface area contributed by atoms with E-state index in [-0.39, 0.29) is 0 Å². The van der Waals surface area contributed by atoms with Gasteiger partial charge in [0, 0.05) is 10.1 Å². The minimum atomic E-state index is 0.498. The van der Waals surface area contributed by atoms with Gasteiger partial charge in [-0.15, -0.1) is 11.8 Å². The first-order chi connectivity index (χ1) is 10.3. The van der Waals surface area contributed by atoms with Crippen molar-refractivity contribution in [1.82, 2.24) is 0 Å². The molecular formula is C17H18BrNOS. The first kappa shape index (κ1) is 14.9. The van der Waals surface area contributed by atoms with Gasteiger partial charge in [-0.25, -0.2) is 0 Å². The molecule has 0 spiro atoms. The Balaban J connectivity index is 1.59. The van der Waals surface area contributed by atoms with Crippen LogP contribution in [0.1, 0.15) is 11.1 Å². The van der Waals surface area contributed by atoms with E-state index in [0.717, 1.165) is 29.7 Å². The molecule has 1 atom stereocenters. The lowest BCUT2D eigenvalue weighted by molar-refractivity contribution is 0.315. The van der Waals surface area contributed by atoms with Crippen molar-refractivity contribution in [1.29, 1.82) is 0 Å². The molecule has 1 heterocycles. The summed E-state index contributed by atoms with van der Waals surface area (Å²) in [5.74, 6) is 0.910. The lowest BCUT2D eigenvalue weighted by Crippen LogP contribution is -2.13. The first-order valence-corrected chi connectivity index (χ1v) is 8.79. The van der Waals surface area contributed by atoms with E-state index in [1.807, 2.05) is 17.8 Å². The van der Waals surface area contributed by atoms with Gasteiger partial charge in [0.2, 0.25) is 0 Å². The molecule has 4 heteroatoms. The SMILES string of the molecule is NCCc1ccc(OCC2Cc3ccccc3S2)c(Br)c1. The fourth-order valence-electron chi connectivity index (χ4n) is 2.51. The Morgan fingerprint density at radius 2 is 2.10 bits per heavy atom. The van der Waals surface area contributed by atoms with Crippen LogP contribution in [0.15, 0.2) is 51.8 Å². The largest absolute Gasteiger partial charge is 0.491 e. The van der Waals surface area contributed by atoms with Gasteiger partial charge in [-0.3, -0.25) is 0 Å². The summed E-state index contributed by atoms with van der Waals surface area (Å²) in [6, 6.07) is 14.8. The van der Waals surface area contributed by atoms with Gasteiger partial charge >= 0.3 is 0 Å². The molecule has 0 amide bonds. The van der Waals surface area contributed by atoms with E-state index in [9.17, 15) is 0 Å². The molecule has 1 unspecified atom stereocenters. The van der Waals surface area contributed by atoms with Gasteiger partial charge in [0.25, 0.3) is 0 Å². The molecule has 21 heavy (non-hydrogen) atoms. The highest BCUT2D eigenvalue weighted by molar-refractivity contribution is 9.10. The molecule has 1 aliphatic rings. The van der Waals surface area contributed by atoms with E-state index in [2.05, 4.69) is 52.3 Å². The Morgan fingerprint density at radius 3 is 2.86 bits per heavy atom. The maximum atomic E-state index is 5.99. The van der Waals surface area contributed by atoms with Gasteiger partial charge in [0.05, 0.1) is 4.47 Å². The third-order valence-corrected chi connectivity index (χ3v) is 5.48. The summed E-state index contributed by atoms with van der Waals surface area (Å²) in [7, 11) is 0. The summed E-state index contributed by atoms with van der Waals surface area (Å²) in [6.07, 6.45) is 1.98. The Labute approximate surface area is 138 Å². The summed E-state index contributed by atoms with van der Waals surface area (Å²) in [6.45, 7) is 1.40. The summed E-state index contributed by atoms with van der Waals surface area (Å²) in [5.41, 5.74) is 8.26. The second kappa shape index (κ2) is 6.86. The van der Waals surface area contributed by atoms with E-state index in [4.69, 9.17) is 10.5 Å². The minimum Gasteiger partial charge on any atom is -0.491 e. The Morgan fingerprint density at radius 1 is 1.24 bits per heavy atom. The summed E-state index contributed by atoms with van der Waals surface area (Å²) in [5, 5.41) is 0.498. The van der Waals surface area contributed by atoms with Crippen molar-refractivity contribution in [2.75, 3.05) is 13.2 Å². The molecule has 2 N–H and O–H groups in total. The molecule has 0 aliphatic carbocycles. The number of nitrogens with two attached hydrogens (primary N) is 1. The molecule has 110 valence electrons. The zero-order valence-electron chi connectivity index (χ0n) is 11.7. The van der Waals surface area contributed by atoms with E-state index in [1.165, 1.54) is 16.0 Å². The molecule has 0 bridgehead atoms. The molecule has 0 aromatic heterocycles. The van der Waals surface area contributed by atoms with Crippen molar-refractivity contribution in [2.45, 2.75) is 23.0 Å². The fraction of sp³-hybridized carbons (Fsp3) is 0.294. The third kappa shape index (κ3) is 3.62. The fourth-order valence-corrected chi connectivity index (χ4v) is 4.27. The maximum absolute atomic E-state index is 5.99. The van der Waals surface area contributed by atoms with Crippen molar-refractivity contribution < 1.29 is 4.74 Å². The van der Waals surface area contributed by atoms with Gasteiger partial charge in [0.1, 0.15) is 12.4 Å². The second-order valence-corrected chi connectivity index (χ2v) is 7.36. The lowest BCUT2D eigenvalue weighted by Gasteiger charge is -2.13. The number of fused-ring (bicyclic) bond motifs is 1. The average molecular weight is 364 g/mol. The summed E-state index contributed by atoms with van der Waals surface area (Å²) < 4.78 is 6.99. The van der Waals surface area contributed by atoms with Crippen LogP contribution in [0.4, 0.5) is 0 Å². The normalized spacial score (nSPS) is 16.8. The smallest absolute Gasteiger partial charge is 0.133 e. The van der Waals surface area contributed by atoms with E-state index in [0.29, 0.717) is 11.8 Å². The number of ether oxygens (including phenoxy) is 1. The van der Waals surface area contributed by atoms with Crippen LogP contribution in [0.5, 0.6) is 5.75 Å². The highest BCUT2D eigenvalue weighted by Gasteiger charge is 2.22. The van der Waals surface area contributed by atoms with Gasteiger partial charge in [-0.2, -0.15) is 0 Å². The van der Waals surface area contributed by atoms with Crippen molar-refractivity contribution >= 4 is 27.7 Å². The monoisotopic (exact) mass is 363 g/mol. The van der Waals surface area contributed by atoms with Gasteiger partial charge in [-0.05, 0) is 64.6 Å². The van der Waals surface area contributed by atoms with Gasteiger partial charge in [-0.1, -0.05) is 24.3 Å². The number of rotatable bonds is 5. The van der Waals surface area contributed by atoms with Crippen LogP contribution >= 0.6 is 27.7 Å². The molecule has 0 radical (unpaired) electrons. The van der Waals surface area contributed by atoms with Crippen LogP contribution in [0.2, 0.25) is 0 Å². The number of thioether (sulfide) groups is 1. The molecule has 0 fully saturated rings. The van der Waals surface area contributed by atoms with E-state index < -0.39 is 0 Å². The average Bonchev–Trinajstić information content (AvgIpc) is 2.89. The van der Waals surface area contributed by atoms with Gasteiger partial charge < -0.3 is 10.5 Å². The van der Waals surface area contributed by atoms with Crippen molar-refractivity contribution in [2.24, 2.45) is 5.73 Å². The van der Waals surface area contributed by atoms with Crippen LogP contribution in [-0.2, 0) is 12.8 Å². The number of halogens is 1. The molecule has 3 rings (SSSR count). The molecule has 2 nitrogen and oxygen atoms in total. The van der Waals surface area contributed by atoms with E-state index >= 15 is 0 Å². The summed E-state index contributed by atoms with van der Waals surface area (Å²) in [4.78, 5) is 1.39. The number of benzene rings is 2. The van der Waals surface area contributed by atoms with Crippen LogP contribution in [0, 0.1) is 0 Å². The Bertz CT molecular complexity index is 607. The van der Waals surface area contributed by atoms with E-state index in [1.54, 1.807) is 0 Å².